The monoisotopic (exact) mass is 526 g/mol. The first-order valence-electron chi connectivity index (χ1n) is 14.3. The van der Waals surface area contributed by atoms with Crippen molar-refractivity contribution in [2.24, 2.45) is 5.92 Å². The SMILES string of the molecule is CC(C)CCN1C(=O)C(CC(=O)N2CCC(N3Cc4ccccc4NC3=O)CC2)SC12CCCCCC2. The Bertz CT molecular complexity index is 999. The molecular formula is C29H42N4O3S. The molecule has 3 aliphatic heterocycles. The highest BCUT2D eigenvalue weighted by Crippen LogP contribution is 2.50. The van der Waals surface area contributed by atoms with Crippen molar-refractivity contribution < 1.29 is 14.4 Å². The van der Waals surface area contributed by atoms with Crippen LogP contribution in [0.2, 0.25) is 0 Å². The lowest BCUT2D eigenvalue weighted by Gasteiger charge is -2.40. The van der Waals surface area contributed by atoms with E-state index in [0.29, 0.717) is 32.0 Å². The van der Waals surface area contributed by atoms with E-state index in [-0.39, 0.29) is 34.0 Å². The lowest BCUT2D eigenvalue weighted by Crippen LogP contribution is -2.51. The molecular weight excluding hydrogens is 484 g/mol. The Morgan fingerprint density at radius 1 is 1.08 bits per heavy atom. The van der Waals surface area contributed by atoms with Gasteiger partial charge in [-0.3, -0.25) is 9.59 Å². The number of amides is 4. The number of anilines is 1. The summed E-state index contributed by atoms with van der Waals surface area (Å²) in [6.45, 7) is 7.13. The molecule has 1 aromatic carbocycles. The normalized spacial score (nSPS) is 24.4. The molecule has 0 radical (unpaired) electrons. The molecule has 1 aromatic rings. The number of para-hydroxylation sites is 1. The minimum absolute atomic E-state index is 0.0494. The number of hydrogen-bond acceptors (Lipinski definition) is 4. The molecule has 1 saturated carbocycles. The second-order valence-corrected chi connectivity index (χ2v) is 13.2. The smallest absolute Gasteiger partial charge is 0.322 e. The summed E-state index contributed by atoms with van der Waals surface area (Å²) in [6.07, 6.45) is 9.79. The number of carbonyl (C=O) groups is 3. The zero-order valence-electron chi connectivity index (χ0n) is 22.4. The zero-order valence-corrected chi connectivity index (χ0v) is 23.2. The highest BCUT2D eigenvalue weighted by atomic mass is 32.2. The molecule has 4 amide bonds. The summed E-state index contributed by atoms with van der Waals surface area (Å²) in [5, 5.41) is 2.75. The largest absolute Gasteiger partial charge is 0.342 e. The fraction of sp³-hybridized carbons (Fsp3) is 0.690. The zero-order chi connectivity index (χ0) is 26.0. The van der Waals surface area contributed by atoms with Crippen molar-refractivity contribution in [3.8, 4) is 0 Å². The Morgan fingerprint density at radius 3 is 2.49 bits per heavy atom. The molecule has 0 aromatic heterocycles. The molecule has 4 aliphatic rings. The molecule has 0 bridgehead atoms. The van der Waals surface area contributed by atoms with Crippen LogP contribution in [-0.2, 0) is 16.1 Å². The van der Waals surface area contributed by atoms with E-state index in [2.05, 4.69) is 30.1 Å². The summed E-state index contributed by atoms with van der Waals surface area (Å²) >= 11 is 1.79. The van der Waals surface area contributed by atoms with Gasteiger partial charge in [0.15, 0.2) is 0 Å². The van der Waals surface area contributed by atoms with Crippen molar-refractivity contribution in [2.45, 2.75) is 101 Å². The highest BCUT2D eigenvalue weighted by molar-refractivity contribution is 8.02. The van der Waals surface area contributed by atoms with Crippen LogP contribution in [-0.4, -0.2) is 68.3 Å². The van der Waals surface area contributed by atoms with Gasteiger partial charge in [0.05, 0.1) is 10.1 Å². The summed E-state index contributed by atoms with van der Waals surface area (Å²) in [5.41, 5.74) is 2.02. The van der Waals surface area contributed by atoms with E-state index >= 15 is 0 Å². The van der Waals surface area contributed by atoms with Crippen molar-refractivity contribution in [3.05, 3.63) is 29.8 Å². The second kappa shape index (κ2) is 11.3. The van der Waals surface area contributed by atoms with E-state index in [4.69, 9.17) is 0 Å². The van der Waals surface area contributed by atoms with Gasteiger partial charge in [-0.2, -0.15) is 0 Å². The average Bonchev–Trinajstić information content (AvgIpc) is 3.01. The maximum Gasteiger partial charge on any atom is 0.322 e. The van der Waals surface area contributed by atoms with Crippen LogP contribution in [0.15, 0.2) is 24.3 Å². The van der Waals surface area contributed by atoms with Crippen LogP contribution in [0, 0.1) is 5.92 Å². The van der Waals surface area contributed by atoms with Gasteiger partial charge in [-0.25, -0.2) is 4.79 Å². The number of nitrogens with zero attached hydrogens (tertiary/aromatic N) is 3. The molecule has 1 N–H and O–H groups in total. The van der Waals surface area contributed by atoms with E-state index in [1.807, 2.05) is 28.0 Å². The maximum atomic E-state index is 13.6. The summed E-state index contributed by atoms with van der Waals surface area (Å²) in [7, 11) is 0. The van der Waals surface area contributed by atoms with Gasteiger partial charge in [-0.15, -0.1) is 11.8 Å². The molecule has 2 saturated heterocycles. The number of likely N-dealkylation sites (tertiary alicyclic amines) is 1. The van der Waals surface area contributed by atoms with Crippen molar-refractivity contribution in [1.82, 2.24) is 14.7 Å². The Balaban J connectivity index is 1.18. The molecule has 3 fully saturated rings. The molecule has 5 rings (SSSR count). The fourth-order valence-electron chi connectivity index (χ4n) is 6.48. The standard InChI is InChI=1S/C29H42N4O3S/c1-21(2)11-18-33-27(35)25(37-29(33)14-7-3-4-8-15-29)19-26(34)31-16-12-23(13-17-31)32-20-22-9-5-6-10-24(22)30-28(32)36/h5-6,9-10,21,23,25H,3-4,7-8,11-20H2,1-2H3,(H,30,36). The highest BCUT2D eigenvalue weighted by Gasteiger charge is 2.51. The van der Waals surface area contributed by atoms with Crippen molar-refractivity contribution in [3.63, 3.8) is 0 Å². The minimum Gasteiger partial charge on any atom is -0.342 e. The van der Waals surface area contributed by atoms with Crippen LogP contribution >= 0.6 is 11.8 Å². The third-order valence-corrected chi connectivity index (χ3v) is 10.4. The van der Waals surface area contributed by atoms with E-state index in [0.717, 1.165) is 49.9 Å². The second-order valence-electron chi connectivity index (χ2n) is 11.7. The van der Waals surface area contributed by atoms with Gasteiger partial charge in [-0.05, 0) is 49.7 Å². The Hall–Kier alpha value is -2.22. The average molecular weight is 527 g/mol. The van der Waals surface area contributed by atoms with Crippen LogP contribution in [0.4, 0.5) is 10.5 Å². The summed E-state index contributed by atoms with van der Waals surface area (Å²) in [5.74, 6) is 0.824. The van der Waals surface area contributed by atoms with Gasteiger partial charge < -0.3 is 20.0 Å². The molecule has 1 aliphatic carbocycles. The third-order valence-electron chi connectivity index (χ3n) is 8.69. The number of piperidine rings is 1. The number of urea groups is 1. The first-order chi connectivity index (χ1) is 17.9. The Morgan fingerprint density at radius 2 is 1.78 bits per heavy atom. The van der Waals surface area contributed by atoms with Crippen molar-refractivity contribution in [2.75, 3.05) is 25.0 Å². The lowest BCUT2D eigenvalue weighted by molar-refractivity contribution is -0.138. The van der Waals surface area contributed by atoms with Gasteiger partial charge in [0, 0.05) is 44.3 Å². The maximum absolute atomic E-state index is 13.6. The van der Waals surface area contributed by atoms with Crippen LogP contribution in [0.1, 0.15) is 83.6 Å². The number of fused-ring (bicyclic) bond motifs is 1. The lowest BCUT2D eigenvalue weighted by atomic mass is 10.0. The van der Waals surface area contributed by atoms with E-state index in [1.54, 1.807) is 11.8 Å². The van der Waals surface area contributed by atoms with E-state index in [9.17, 15) is 14.4 Å². The van der Waals surface area contributed by atoms with Gasteiger partial charge in [0.1, 0.15) is 0 Å². The van der Waals surface area contributed by atoms with E-state index < -0.39 is 0 Å². The summed E-state index contributed by atoms with van der Waals surface area (Å²) < 4.78 is 0. The van der Waals surface area contributed by atoms with Crippen LogP contribution < -0.4 is 5.32 Å². The molecule has 3 heterocycles. The molecule has 7 nitrogen and oxygen atoms in total. The number of carbonyl (C=O) groups excluding carboxylic acids is 3. The van der Waals surface area contributed by atoms with Crippen LogP contribution in [0.5, 0.6) is 0 Å². The van der Waals surface area contributed by atoms with Gasteiger partial charge in [-0.1, -0.05) is 57.7 Å². The van der Waals surface area contributed by atoms with Gasteiger partial charge >= 0.3 is 6.03 Å². The quantitative estimate of drug-likeness (QED) is 0.535. The van der Waals surface area contributed by atoms with E-state index in [1.165, 1.54) is 25.7 Å². The van der Waals surface area contributed by atoms with Crippen LogP contribution in [0.25, 0.3) is 0 Å². The number of thioether (sulfide) groups is 1. The first kappa shape index (κ1) is 26.4. The summed E-state index contributed by atoms with van der Waals surface area (Å²) in [6, 6.07) is 8.01. The fourth-order valence-corrected chi connectivity index (χ4v) is 8.30. The first-order valence-corrected chi connectivity index (χ1v) is 15.2. The number of nitrogens with one attached hydrogen (secondary N) is 1. The molecule has 1 atom stereocenters. The Kier molecular flexibility index (Phi) is 8.03. The predicted octanol–water partition coefficient (Wildman–Crippen LogP) is 5.46. The van der Waals surface area contributed by atoms with Crippen LogP contribution in [0.3, 0.4) is 0 Å². The summed E-state index contributed by atoms with van der Waals surface area (Å²) in [4.78, 5) is 45.6. The molecule has 202 valence electrons. The molecule has 8 heteroatoms. The third kappa shape index (κ3) is 5.64. The molecule has 1 unspecified atom stereocenters. The van der Waals surface area contributed by atoms with Crippen molar-refractivity contribution in [1.29, 1.82) is 0 Å². The van der Waals surface area contributed by atoms with Gasteiger partial charge in [0.2, 0.25) is 11.8 Å². The topological polar surface area (TPSA) is 73.0 Å². The Labute approximate surface area is 225 Å². The number of hydrogen-bond donors (Lipinski definition) is 1. The number of benzene rings is 1. The van der Waals surface area contributed by atoms with Gasteiger partial charge in [0.25, 0.3) is 0 Å². The molecule has 37 heavy (non-hydrogen) atoms. The predicted molar refractivity (Wildman–Crippen MR) is 148 cm³/mol. The van der Waals surface area contributed by atoms with Crippen molar-refractivity contribution >= 4 is 35.3 Å². The number of rotatable bonds is 6. The minimum atomic E-state index is -0.264. The molecule has 1 spiro atoms.